The van der Waals surface area contributed by atoms with Crippen molar-refractivity contribution >= 4 is 17.5 Å². The molecule has 0 aliphatic rings. The third-order valence-corrected chi connectivity index (χ3v) is 2.93. The Morgan fingerprint density at radius 3 is 2.83 bits per heavy atom. The minimum Gasteiger partial charge on any atom is -0.354 e. The summed E-state index contributed by atoms with van der Waals surface area (Å²) in [6.45, 7) is 4.50. The largest absolute Gasteiger partial charge is 0.354 e. The van der Waals surface area contributed by atoms with Crippen molar-refractivity contribution in [3.8, 4) is 11.3 Å². The summed E-state index contributed by atoms with van der Waals surface area (Å²) in [5.74, 6) is -0.0535. The van der Waals surface area contributed by atoms with E-state index in [-0.39, 0.29) is 5.69 Å². The molecule has 0 spiro atoms. The molecule has 0 radical (unpaired) electrons. The van der Waals surface area contributed by atoms with Crippen LogP contribution in [0, 0.1) is 12.7 Å². The highest BCUT2D eigenvalue weighted by molar-refractivity contribution is 6.31. The highest BCUT2D eigenvalue weighted by Crippen LogP contribution is 2.26. The van der Waals surface area contributed by atoms with Gasteiger partial charge < -0.3 is 5.32 Å². The number of benzene rings is 1. The number of hydrogen-bond donors (Lipinski definition) is 1. The van der Waals surface area contributed by atoms with Crippen LogP contribution < -0.4 is 5.32 Å². The molecule has 1 aromatic heterocycles. The monoisotopic (exact) mass is 265 g/mol. The fraction of sp³-hybridized carbons (Fsp3) is 0.231. The highest BCUT2D eigenvalue weighted by Gasteiger charge is 2.10. The first kappa shape index (κ1) is 12.8. The normalized spacial score (nSPS) is 10.4. The molecule has 0 atom stereocenters. The van der Waals surface area contributed by atoms with Gasteiger partial charge >= 0.3 is 0 Å². The van der Waals surface area contributed by atoms with Crippen LogP contribution in [-0.4, -0.2) is 16.5 Å². The summed E-state index contributed by atoms with van der Waals surface area (Å²) < 4.78 is 13.7. The van der Waals surface area contributed by atoms with Crippen LogP contribution in [0.15, 0.2) is 24.4 Å². The molecular formula is C13H13ClFN3. The van der Waals surface area contributed by atoms with E-state index in [0.717, 1.165) is 11.8 Å². The predicted molar refractivity (Wildman–Crippen MR) is 71.3 cm³/mol. The molecule has 3 nitrogen and oxygen atoms in total. The summed E-state index contributed by atoms with van der Waals surface area (Å²) >= 11 is 6.04. The van der Waals surface area contributed by atoms with Crippen molar-refractivity contribution in [1.82, 2.24) is 9.97 Å². The van der Waals surface area contributed by atoms with Gasteiger partial charge in [0.2, 0.25) is 5.95 Å². The molecule has 1 aromatic carbocycles. The number of aryl methyl sites for hydroxylation is 1. The van der Waals surface area contributed by atoms with E-state index in [9.17, 15) is 4.39 Å². The van der Waals surface area contributed by atoms with Gasteiger partial charge in [0, 0.05) is 17.1 Å². The van der Waals surface area contributed by atoms with Gasteiger partial charge in [-0.1, -0.05) is 23.7 Å². The molecule has 2 aromatic rings. The van der Waals surface area contributed by atoms with Gasteiger partial charge in [-0.15, -0.1) is 0 Å². The lowest BCUT2D eigenvalue weighted by atomic mass is 10.1. The topological polar surface area (TPSA) is 37.8 Å². The van der Waals surface area contributed by atoms with E-state index in [4.69, 9.17) is 11.6 Å². The molecule has 0 saturated heterocycles. The van der Waals surface area contributed by atoms with Crippen LogP contribution in [0.5, 0.6) is 0 Å². The number of anilines is 1. The van der Waals surface area contributed by atoms with E-state index >= 15 is 0 Å². The molecular weight excluding hydrogens is 253 g/mol. The SMILES string of the molecule is CCNc1ncc(F)c(-c2ccc(C)c(Cl)c2)n1. The first-order valence-electron chi connectivity index (χ1n) is 5.64. The Labute approximate surface area is 110 Å². The fourth-order valence-corrected chi connectivity index (χ4v) is 1.73. The molecule has 0 amide bonds. The van der Waals surface area contributed by atoms with E-state index in [1.54, 1.807) is 12.1 Å². The number of aromatic nitrogens is 2. The maximum atomic E-state index is 13.7. The van der Waals surface area contributed by atoms with Crippen LogP contribution in [0.4, 0.5) is 10.3 Å². The van der Waals surface area contributed by atoms with Gasteiger partial charge in [0.15, 0.2) is 5.82 Å². The lowest BCUT2D eigenvalue weighted by Crippen LogP contribution is -2.04. The molecule has 0 aliphatic heterocycles. The first-order chi connectivity index (χ1) is 8.61. The fourth-order valence-electron chi connectivity index (χ4n) is 1.55. The Hall–Kier alpha value is -1.68. The molecule has 0 unspecified atom stereocenters. The number of halogens is 2. The second-order valence-corrected chi connectivity index (χ2v) is 4.29. The van der Waals surface area contributed by atoms with E-state index in [2.05, 4.69) is 15.3 Å². The highest BCUT2D eigenvalue weighted by atomic mass is 35.5. The number of nitrogens with zero attached hydrogens (tertiary/aromatic N) is 2. The summed E-state index contributed by atoms with van der Waals surface area (Å²) in [5, 5.41) is 3.54. The van der Waals surface area contributed by atoms with Gasteiger partial charge in [0.05, 0.1) is 6.20 Å². The Bertz CT molecular complexity index is 572. The van der Waals surface area contributed by atoms with E-state index in [1.165, 1.54) is 0 Å². The van der Waals surface area contributed by atoms with Crippen LogP contribution >= 0.6 is 11.6 Å². The summed E-state index contributed by atoms with van der Waals surface area (Å²) in [6.07, 6.45) is 1.16. The van der Waals surface area contributed by atoms with Crippen molar-refractivity contribution in [3.05, 3.63) is 40.8 Å². The van der Waals surface area contributed by atoms with Crippen LogP contribution in [-0.2, 0) is 0 Å². The minimum atomic E-state index is -0.462. The van der Waals surface area contributed by atoms with E-state index in [1.807, 2.05) is 19.9 Å². The van der Waals surface area contributed by atoms with Gasteiger partial charge in [0.25, 0.3) is 0 Å². The standard InChI is InChI=1S/C13H13ClFN3/c1-3-16-13-17-7-11(15)12(18-13)9-5-4-8(2)10(14)6-9/h4-7H,3H2,1-2H3,(H,16,17,18). The maximum absolute atomic E-state index is 13.7. The second kappa shape index (κ2) is 5.31. The molecule has 0 fully saturated rings. The third kappa shape index (κ3) is 2.59. The van der Waals surface area contributed by atoms with Crippen molar-refractivity contribution in [2.24, 2.45) is 0 Å². The smallest absolute Gasteiger partial charge is 0.223 e. The average Bonchev–Trinajstić information content (AvgIpc) is 2.35. The Morgan fingerprint density at radius 2 is 2.17 bits per heavy atom. The number of hydrogen-bond acceptors (Lipinski definition) is 3. The zero-order valence-corrected chi connectivity index (χ0v) is 10.9. The Balaban J connectivity index is 2.48. The van der Waals surface area contributed by atoms with Crippen LogP contribution in [0.25, 0.3) is 11.3 Å². The molecule has 18 heavy (non-hydrogen) atoms. The molecule has 5 heteroatoms. The molecule has 0 saturated carbocycles. The Kier molecular flexibility index (Phi) is 3.77. The van der Waals surface area contributed by atoms with Gasteiger partial charge in [-0.2, -0.15) is 0 Å². The van der Waals surface area contributed by atoms with Crippen LogP contribution in [0.1, 0.15) is 12.5 Å². The molecule has 1 N–H and O–H groups in total. The summed E-state index contributed by atoms with van der Waals surface area (Å²) in [5.41, 5.74) is 1.84. The zero-order chi connectivity index (χ0) is 13.1. The second-order valence-electron chi connectivity index (χ2n) is 3.88. The van der Waals surface area contributed by atoms with Crippen molar-refractivity contribution in [2.75, 3.05) is 11.9 Å². The Morgan fingerprint density at radius 1 is 1.39 bits per heavy atom. The molecule has 0 aliphatic carbocycles. The summed E-state index contributed by atoms with van der Waals surface area (Å²) in [6, 6.07) is 5.34. The maximum Gasteiger partial charge on any atom is 0.223 e. The quantitative estimate of drug-likeness (QED) is 0.920. The van der Waals surface area contributed by atoms with Crippen molar-refractivity contribution < 1.29 is 4.39 Å². The van der Waals surface area contributed by atoms with Crippen molar-refractivity contribution in [3.63, 3.8) is 0 Å². The number of nitrogens with one attached hydrogen (secondary N) is 1. The predicted octanol–water partition coefficient (Wildman–Crippen LogP) is 3.68. The molecule has 94 valence electrons. The summed E-state index contributed by atoms with van der Waals surface area (Å²) in [4.78, 5) is 8.01. The van der Waals surface area contributed by atoms with Crippen molar-refractivity contribution in [2.45, 2.75) is 13.8 Å². The molecule has 0 bridgehead atoms. The molecule has 1 heterocycles. The third-order valence-electron chi connectivity index (χ3n) is 2.52. The molecule has 2 rings (SSSR count). The number of rotatable bonds is 3. The van der Waals surface area contributed by atoms with E-state index < -0.39 is 5.82 Å². The van der Waals surface area contributed by atoms with Gasteiger partial charge in [-0.25, -0.2) is 14.4 Å². The van der Waals surface area contributed by atoms with Crippen LogP contribution in [0.3, 0.4) is 0 Å². The van der Waals surface area contributed by atoms with Crippen molar-refractivity contribution in [1.29, 1.82) is 0 Å². The van der Waals surface area contributed by atoms with Gasteiger partial charge in [0.1, 0.15) is 5.69 Å². The first-order valence-corrected chi connectivity index (χ1v) is 6.02. The lowest BCUT2D eigenvalue weighted by Gasteiger charge is -2.07. The minimum absolute atomic E-state index is 0.253. The van der Waals surface area contributed by atoms with Gasteiger partial charge in [-0.3, -0.25) is 0 Å². The van der Waals surface area contributed by atoms with Crippen LogP contribution in [0.2, 0.25) is 5.02 Å². The zero-order valence-electron chi connectivity index (χ0n) is 10.2. The van der Waals surface area contributed by atoms with E-state index in [0.29, 0.717) is 23.1 Å². The summed E-state index contributed by atoms with van der Waals surface area (Å²) in [7, 11) is 0. The average molecular weight is 266 g/mol. The van der Waals surface area contributed by atoms with Gasteiger partial charge in [-0.05, 0) is 25.5 Å². The lowest BCUT2D eigenvalue weighted by molar-refractivity contribution is 0.618.